The monoisotopic (exact) mass is 504 g/mol. The highest BCUT2D eigenvalue weighted by atomic mass is 16.5. The van der Waals surface area contributed by atoms with Crippen LogP contribution in [0.1, 0.15) is 87.3 Å². The first-order valence-corrected chi connectivity index (χ1v) is 13.8. The maximum atomic E-state index is 8.94. The van der Waals surface area contributed by atoms with Gasteiger partial charge >= 0.3 is 0 Å². The van der Waals surface area contributed by atoms with E-state index in [0.29, 0.717) is 6.42 Å². The molecule has 200 valence electrons. The summed E-state index contributed by atoms with van der Waals surface area (Å²) in [5.41, 5.74) is 3.60. The lowest BCUT2D eigenvalue weighted by Gasteiger charge is -2.36. The van der Waals surface area contributed by atoms with Crippen LogP contribution in [-0.2, 0) is 5.41 Å². The van der Waals surface area contributed by atoms with Crippen LogP contribution in [0.4, 0.5) is 0 Å². The van der Waals surface area contributed by atoms with Gasteiger partial charge in [-0.1, -0.05) is 106 Å². The van der Waals surface area contributed by atoms with E-state index in [1.165, 1.54) is 55.2 Å². The number of hydrogen-bond acceptors (Lipinski definition) is 4. The second-order valence-corrected chi connectivity index (χ2v) is 9.93. The second kappa shape index (κ2) is 15.4. The summed E-state index contributed by atoms with van der Waals surface area (Å²) >= 11 is 0. The summed E-state index contributed by atoms with van der Waals surface area (Å²) in [4.78, 5) is 0. The molecule has 37 heavy (non-hydrogen) atoms. The molecule has 3 aromatic carbocycles. The van der Waals surface area contributed by atoms with Crippen molar-refractivity contribution < 1.29 is 19.7 Å². The molecule has 3 rings (SSSR count). The van der Waals surface area contributed by atoms with E-state index in [9.17, 15) is 0 Å². The molecule has 0 heterocycles. The molecular weight excluding hydrogens is 460 g/mol. The van der Waals surface area contributed by atoms with Crippen LogP contribution in [0.2, 0.25) is 0 Å². The van der Waals surface area contributed by atoms with Gasteiger partial charge < -0.3 is 19.7 Å². The largest absolute Gasteiger partial charge is 0.497 e. The molecule has 0 amide bonds. The number of aliphatic hydroxyl groups excluding tert-OH is 1. The Labute approximate surface area is 223 Å². The average molecular weight is 505 g/mol. The Kier molecular flexibility index (Phi) is 12.0. The van der Waals surface area contributed by atoms with Crippen molar-refractivity contribution in [2.75, 3.05) is 14.2 Å². The van der Waals surface area contributed by atoms with Crippen LogP contribution in [0.5, 0.6) is 11.5 Å². The fourth-order valence-corrected chi connectivity index (χ4v) is 5.36. The van der Waals surface area contributed by atoms with Crippen LogP contribution in [0.15, 0.2) is 78.9 Å². The van der Waals surface area contributed by atoms with Gasteiger partial charge in [0.25, 0.3) is 0 Å². The minimum atomic E-state index is -1.15. The Morgan fingerprint density at radius 2 is 0.946 bits per heavy atom. The summed E-state index contributed by atoms with van der Waals surface area (Å²) in [5, 5.41) is 17.9. The lowest BCUT2D eigenvalue weighted by Crippen LogP contribution is -2.29. The lowest BCUT2D eigenvalue weighted by atomic mass is 9.66. The average Bonchev–Trinajstić information content (AvgIpc) is 2.94. The highest BCUT2D eigenvalue weighted by molar-refractivity contribution is 5.52. The number of methoxy groups -OCH3 is 2. The number of ether oxygens (including phenoxy) is 2. The van der Waals surface area contributed by atoms with Crippen molar-refractivity contribution >= 4 is 0 Å². The highest BCUT2D eigenvalue weighted by Crippen LogP contribution is 2.44. The van der Waals surface area contributed by atoms with E-state index < -0.39 is 6.29 Å². The molecule has 0 radical (unpaired) electrons. The molecule has 0 fully saturated rings. The summed E-state index contributed by atoms with van der Waals surface area (Å²) in [5.74, 6) is 1.74. The van der Waals surface area contributed by atoms with Crippen LogP contribution in [0.3, 0.4) is 0 Å². The molecule has 0 aliphatic heterocycles. The van der Waals surface area contributed by atoms with Gasteiger partial charge in [-0.25, -0.2) is 0 Å². The van der Waals surface area contributed by atoms with E-state index in [0.717, 1.165) is 37.2 Å². The quantitative estimate of drug-likeness (QED) is 0.113. The van der Waals surface area contributed by atoms with Crippen LogP contribution in [0.25, 0.3) is 0 Å². The Morgan fingerprint density at radius 1 is 0.541 bits per heavy atom. The SMILES string of the molecule is COc1ccc(C(CCCCCCCCCCCC(O)O)(c2ccccc2)c2ccc(OC)cc2)cc1. The Bertz CT molecular complexity index is 949. The minimum Gasteiger partial charge on any atom is -0.497 e. The Hall–Kier alpha value is -2.82. The summed E-state index contributed by atoms with van der Waals surface area (Å²) in [6, 6.07) is 28.0. The zero-order valence-corrected chi connectivity index (χ0v) is 22.6. The Morgan fingerprint density at radius 3 is 1.38 bits per heavy atom. The zero-order chi connectivity index (χ0) is 26.3. The maximum Gasteiger partial charge on any atom is 0.151 e. The van der Waals surface area contributed by atoms with Crippen LogP contribution in [-0.4, -0.2) is 30.7 Å². The number of aliphatic hydroxyl groups is 2. The number of hydrogen-bond donors (Lipinski definition) is 2. The van der Waals surface area contributed by atoms with E-state index in [4.69, 9.17) is 19.7 Å². The van der Waals surface area contributed by atoms with Crippen molar-refractivity contribution in [3.63, 3.8) is 0 Å². The second-order valence-electron chi connectivity index (χ2n) is 9.93. The summed E-state index contributed by atoms with van der Waals surface area (Å²) < 4.78 is 10.9. The molecule has 0 saturated heterocycles. The molecule has 2 N–H and O–H groups in total. The van der Waals surface area contributed by atoms with Crippen LogP contribution < -0.4 is 9.47 Å². The molecule has 3 aromatic rings. The third-order valence-electron chi connectivity index (χ3n) is 7.45. The van der Waals surface area contributed by atoms with Gasteiger partial charge in [0.1, 0.15) is 11.5 Å². The zero-order valence-electron chi connectivity index (χ0n) is 22.6. The van der Waals surface area contributed by atoms with Gasteiger partial charge in [0.15, 0.2) is 6.29 Å². The van der Waals surface area contributed by atoms with Crippen molar-refractivity contribution in [2.24, 2.45) is 0 Å². The third-order valence-corrected chi connectivity index (χ3v) is 7.45. The van der Waals surface area contributed by atoms with Crippen molar-refractivity contribution in [2.45, 2.75) is 82.3 Å². The third kappa shape index (κ3) is 8.34. The standard InChI is InChI=1S/C33H44O4/c1-36-30-22-18-28(19-23-30)33(27-15-11-10-12-16-27,29-20-24-31(37-2)25-21-29)26-14-9-7-5-3-4-6-8-13-17-32(34)35/h10-12,15-16,18-25,32,34-35H,3-9,13-14,17,26H2,1-2H3. The number of rotatable bonds is 17. The molecule has 0 unspecified atom stereocenters. The first-order chi connectivity index (χ1) is 18.1. The van der Waals surface area contributed by atoms with Crippen LogP contribution >= 0.6 is 0 Å². The van der Waals surface area contributed by atoms with E-state index in [1.54, 1.807) is 14.2 Å². The van der Waals surface area contributed by atoms with E-state index in [2.05, 4.69) is 78.9 Å². The topological polar surface area (TPSA) is 58.9 Å². The normalized spacial score (nSPS) is 11.6. The van der Waals surface area contributed by atoms with Gasteiger partial charge in [0.2, 0.25) is 0 Å². The Balaban J connectivity index is 1.71. The van der Waals surface area contributed by atoms with Gasteiger partial charge in [-0.2, -0.15) is 0 Å². The van der Waals surface area contributed by atoms with Gasteiger partial charge in [0.05, 0.1) is 14.2 Å². The molecule has 0 aromatic heterocycles. The molecule has 0 atom stereocenters. The summed E-state index contributed by atoms with van der Waals surface area (Å²) in [6.45, 7) is 0. The molecule has 4 heteroatoms. The lowest BCUT2D eigenvalue weighted by molar-refractivity contribution is -0.0466. The van der Waals surface area contributed by atoms with Gasteiger partial charge in [-0.05, 0) is 60.2 Å². The van der Waals surface area contributed by atoms with Crippen molar-refractivity contribution in [1.82, 2.24) is 0 Å². The number of unbranched alkanes of at least 4 members (excludes halogenated alkanes) is 8. The fraction of sp³-hybridized carbons (Fsp3) is 0.455. The summed E-state index contributed by atoms with van der Waals surface area (Å²) in [6.07, 6.45) is 10.9. The maximum absolute atomic E-state index is 8.94. The first-order valence-electron chi connectivity index (χ1n) is 13.8. The summed E-state index contributed by atoms with van der Waals surface area (Å²) in [7, 11) is 3.42. The molecule has 0 aliphatic rings. The minimum absolute atomic E-state index is 0.253. The van der Waals surface area contributed by atoms with Gasteiger partial charge in [-0.3, -0.25) is 0 Å². The smallest absolute Gasteiger partial charge is 0.151 e. The molecule has 0 saturated carbocycles. The highest BCUT2D eigenvalue weighted by Gasteiger charge is 2.35. The molecule has 0 spiro atoms. The predicted octanol–water partition coefficient (Wildman–Crippen LogP) is 7.64. The molecular formula is C33H44O4. The van der Waals surface area contributed by atoms with Gasteiger partial charge in [-0.15, -0.1) is 0 Å². The van der Waals surface area contributed by atoms with Crippen molar-refractivity contribution in [3.8, 4) is 11.5 Å². The van der Waals surface area contributed by atoms with E-state index >= 15 is 0 Å². The van der Waals surface area contributed by atoms with E-state index in [-0.39, 0.29) is 5.41 Å². The van der Waals surface area contributed by atoms with E-state index in [1.807, 2.05) is 0 Å². The molecule has 0 bridgehead atoms. The van der Waals surface area contributed by atoms with Crippen molar-refractivity contribution in [1.29, 1.82) is 0 Å². The number of benzene rings is 3. The fourth-order valence-electron chi connectivity index (χ4n) is 5.36. The van der Waals surface area contributed by atoms with Crippen LogP contribution in [0, 0.1) is 0 Å². The van der Waals surface area contributed by atoms with Crippen molar-refractivity contribution in [3.05, 3.63) is 95.6 Å². The predicted molar refractivity (Wildman–Crippen MR) is 151 cm³/mol. The molecule has 4 nitrogen and oxygen atoms in total. The van der Waals surface area contributed by atoms with Gasteiger partial charge in [0, 0.05) is 5.41 Å². The first kappa shape index (κ1) is 28.7. The molecule has 0 aliphatic carbocycles.